The van der Waals surface area contributed by atoms with E-state index in [1.165, 1.54) is 0 Å². The minimum atomic E-state index is -0.648. The zero-order valence-corrected chi connectivity index (χ0v) is 7.91. The Morgan fingerprint density at radius 1 is 1.29 bits per heavy atom. The number of likely N-dealkylation sites (N-methyl/N-ethyl adjacent to an activating group) is 1. The van der Waals surface area contributed by atoms with Crippen LogP contribution in [0.1, 0.15) is 15.9 Å². The molecular formula is C11H11NO2. The summed E-state index contributed by atoms with van der Waals surface area (Å²) in [5, 5.41) is 2.75. The SMILES string of the molecule is CNC1C(=O)Cc2ccccc2C1=O. The summed E-state index contributed by atoms with van der Waals surface area (Å²) >= 11 is 0. The van der Waals surface area contributed by atoms with Gasteiger partial charge in [-0.15, -0.1) is 0 Å². The Morgan fingerprint density at radius 3 is 2.71 bits per heavy atom. The van der Waals surface area contributed by atoms with Gasteiger partial charge in [0.2, 0.25) is 0 Å². The highest BCUT2D eigenvalue weighted by atomic mass is 16.2. The van der Waals surface area contributed by atoms with Crippen LogP contribution in [0.3, 0.4) is 0 Å². The van der Waals surface area contributed by atoms with Crippen LogP contribution in [0, 0.1) is 0 Å². The van der Waals surface area contributed by atoms with Crippen LogP contribution in [-0.4, -0.2) is 24.7 Å². The largest absolute Gasteiger partial charge is 0.304 e. The highest BCUT2D eigenvalue weighted by molar-refractivity contribution is 6.18. The molecule has 3 nitrogen and oxygen atoms in total. The Labute approximate surface area is 82.1 Å². The number of benzene rings is 1. The molecule has 2 rings (SSSR count). The van der Waals surface area contributed by atoms with Gasteiger partial charge >= 0.3 is 0 Å². The first-order valence-electron chi connectivity index (χ1n) is 4.56. The second-order valence-electron chi connectivity index (χ2n) is 3.39. The van der Waals surface area contributed by atoms with E-state index in [2.05, 4.69) is 5.32 Å². The maximum atomic E-state index is 11.8. The molecule has 14 heavy (non-hydrogen) atoms. The number of hydrogen-bond donors (Lipinski definition) is 1. The summed E-state index contributed by atoms with van der Waals surface area (Å²) in [6.45, 7) is 0. The van der Waals surface area contributed by atoms with Gasteiger partial charge in [0.25, 0.3) is 0 Å². The first-order valence-corrected chi connectivity index (χ1v) is 4.56. The normalized spacial score (nSPS) is 20.8. The van der Waals surface area contributed by atoms with E-state index < -0.39 is 6.04 Å². The molecule has 0 aromatic heterocycles. The van der Waals surface area contributed by atoms with Crippen molar-refractivity contribution in [1.82, 2.24) is 5.32 Å². The van der Waals surface area contributed by atoms with Crippen LogP contribution < -0.4 is 5.32 Å². The molecule has 1 unspecified atom stereocenters. The van der Waals surface area contributed by atoms with Crippen molar-refractivity contribution in [3.8, 4) is 0 Å². The Bertz CT molecular complexity index is 398. The third-order valence-electron chi connectivity index (χ3n) is 2.52. The van der Waals surface area contributed by atoms with Crippen LogP contribution in [-0.2, 0) is 11.2 Å². The number of carbonyl (C=O) groups excluding carboxylic acids is 2. The summed E-state index contributed by atoms with van der Waals surface area (Å²) in [7, 11) is 1.63. The molecule has 0 spiro atoms. The van der Waals surface area contributed by atoms with Gasteiger partial charge in [0.1, 0.15) is 6.04 Å². The smallest absolute Gasteiger partial charge is 0.187 e. The lowest BCUT2D eigenvalue weighted by atomic mass is 9.86. The Morgan fingerprint density at radius 2 is 2.00 bits per heavy atom. The molecule has 0 fully saturated rings. The molecule has 0 saturated heterocycles. The zero-order chi connectivity index (χ0) is 10.1. The summed E-state index contributed by atoms with van der Waals surface area (Å²) < 4.78 is 0. The average molecular weight is 189 g/mol. The third kappa shape index (κ3) is 1.26. The number of hydrogen-bond acceptors (Lipinski definition) is 3. The van der Waals surface area contributed by atoms with Crippen LogP contribution in [0.25, 0.3) is 0 Å². The van der Waals surface area contributed by atoms with E-state index in [1.54, 1.807) is 13.1 Å². The number of nitrogens with one attached hydrogen (secondary N) is 1. The number of carbonyl (C=O) groups is 2. The predicted molar refractivity (Wildman–Crippen MR) is 52.3 cm³/mol. The van der Waals surface area contributed by atoms with Gasteiger partial charge in [0.15, 0.2) is 11.6 Å². The van der Waals surface area contributed by atoms with Gasteiger partial charge in [-0.25, -0.2) is 0 Å². The fourth-order valence-corrected chi connectivity index (χ4v) is 1.80. The fourth-order valence-electron chi connectivity index (χ4n) is 1.80. The van der Waals surface area contributed by atoms with Gasteiger partial charge in [-0.2, -0.15) is 0 Å². The van der Waals surface area contributed by atoms with Crippen LogP contribution >= 0.6 is 0 Å². The Balaban J connectivity index is 2.49. The standard InChI is InChI=1S/C11H11NO2/c1-12-10-9(13)6-7-4-2-3-5-8(7)11(10)14/h2-5,10,12H,6H2,1H3. The van der Waals surface area contributed by atoms with Crippen molar-refractivity contribution in [3.63, 3.8) is 0 Å². The van der Waals surface area contributed by atoms with E-state index in [-0.39, 0.29) is 11.6 Å². The third-order valence-corrected chi connectivity index (χ3v) is 2.52. The van der Waals surface area contributed by atoms with E-state index in [9.17, 15) is 9.59 Å². The van der Waals surface area contributed by atoms with Gasteiger partial charge < -0.3 is 5.32 Å². The van der Waals surface area contributed by atoms with Crippen molar-refractivity contribution in [2.45, 2.75) is 12.5 Å². The Kier molecular flexibility index (Phi) is 2.17. The summed E-state index contributed by atoms with van der Waals surface area (Å²) in [5.41, 5.74) is 1.51. The van der Waals surface area contributed by atoms with E-state index in [4.69, 9.17) is 0 Å². The lowest BCUT2D eigenvalue weighted by Crippen LogP contribution is -2.45. The molecule has 1 atom stereocenters. The molecule has 0 bridgehead atoms. The van der Waals surface area contributed by atoms with Gasteiger partial charge in [0, 0.05) is 12.0 Å². The molecular weight excluding hydrogens is 178 g/mol. The summed E-state index contributed by atoms with van der Waals surface area (Å²) in [5.74, 6) is -0.157. The number of rotatable bonds is 1. The fraction of sp³-hybridized carbons (Fsp3) is 0.273. The zero-order valence-electron chi connectivity index (χ0n) is 7.91. The van der Waals surface area contributed by atoms with Crippen LogP contribution in [0.15, 0.2) is 24.3 Å². The summed E-state index contributed by atoms with van der Waals surface area (Å²) in [6.07, 6.45) is 0.355. The summed E-state index contributed by atoms with van der Waals surface area (Å²) in [6, 6.07) is 6.62. The average Bonchev–Trinajstić information content (AvgIpc) is 2.18. The van der Waals surface area contributed by atoms with Crippen molar-refractivity contribution in [2.24, 2.45) is 0 Å². The molecule has 0 heterocycles. The minimum Gasteiger partial charge on any atom is -0.304 e. The molecule has 1 aromatic carbocycles. The topological polar surface area (TPSA) is 46.2 Å². The molecule has 1 aromatic rings. The predicted octanol–water partition coefficient (Wildman–Crippen LogP) is 0.582. The highest BCUT2D eigenvalue weighted by Crippen LogP contribution is 2.18. The molecule has 1 aliphatic rings. The van der Waals surface area contributed by atoms with Crippen LogP contribution in [0.2, 0.25) is 0 Å². The van der Waals surface area contributed by atoms with Gasteiger partial charge in [0.05, 0.1) is 0 Å². The second-order valence-corrected chi connectivity index (χ2v) is 3.39. The molecule has 0 aliphatic heterocycles. The molecule has 1 N–H and O–H groups in total. The lowest BCUT2D eigenvalue weighted by molar-refractivity contribution is -0.119. The van der Waals surface area contributed by atoms with Gasteiger partial charge in [-0.05, 0) is 12.6 Å². The number of ketones is 2. The van der Waals surface area contributed by atoms with Gasteiger partial charge in [-0.1, -0.05) is 24.3 Å². The number of fused-ring (bicyclic) bond motifs is 1. The first kappa shape index (κ1) is 9.09. The highest BCUT2D eigenvalue weighted by Gasteiger charge is 2.32. The van der Waals surface area contributed by atoms with E-state index in [0.717, 1.165) is 5.56 Å². The van der Waals surface area contributed by atoms with Crippen molar-refractivity contribution in [1.29, 1.82) is 0 Å². The maximum absolute atomic E-state index is 11.8. The lowest BCUT2D eigenvalue weighted by Gasteiger charge is -2.21. The Hall–Kier alpha value is -1.48. The molecule has 72 valence electrons. The van der Waals surface area contributed by atoms with Crippen molar-refractivity contribution < 1.29 is 9.59 Å². The molecule has 0 saturated carbocycles. The second kappa shape index (κ2) is 3.35. The minimum absolute atomic E-state index is 0.0452. The van der Waals surface area contributed by atoms with Crippen LogP contribution in [0.5, 0.6) is 0 Å². The molecule has 1 aliphatic carbocycles. The first-order chi connectivity index (χ1) is 6.74. The van der Waals surface area contributed by atoms with Gasteiger partial charge in [-0.3, -0.25) is 9.59 Å². The van der Waals surface area contributed by atoms with E-state index in [0.29, 0.717) is 12.0 Å². The number of Topliss-reactive ketones (excluding diaryl/α,β-unsaturated/α-hetero) is 2. The van der Waals surface area contributed by atoms with Crippen molar-refractivity contribution in [2.75, 3.05) is 7.05 Å². The monoisotopic (exact) mass is 189 g/mol. The molecule has 0 radical (unpaired) electrons. The van der Waals surface area contributed by atoms with E-state index >= 15 is 0 Å². The molecule has 3 heteroatoms. The quantitative estimate of drug-likeness (QED) is 0.657. The van der Waals surface area contributed by atoms with Crippen molar-refractivity contribution >= 4 is 11.6 Å². The van der Waals surface area contributed by atoms with E-state index in [1.807, 2.05) is 18.2 Å². The van der Waals surface area contributed by atoms with Crippen molar-refractivity contribution in [3.05, 3.63) is 35.4 Å². The summed E-state index contributed by atoms with van der Waals surface area (Å²) in [4.78, 5) is 23.3. The maximum Gasteiger partial charge on any atom is 0.187 e. The molecule has 0 amide bonds. The van der Waals surface area contributed by atoms with Crippen LogP contribution in [0.4, 0.5) is 0 Å².